The largest absolute Gasteiger partial charge is 0.323 e. The molecule has 0 amide bonds. The molecule has 2 nitrogen and oxygen atoms in total. The van der Waals surface area contributed by atoms with Crippen molar-refractivity contribution in [1.82, 2.24) is 0 Å². The Labute approximate surface area is 73.4 Å². The molecular formula is C7H5ClO2S. The summed E-state index contributed by atoms with van der Waals surface area (Å²) in [5.74, 6) is 0. The first-order valence-corrected chi connectivity index (χ1v) is 4.00. The highest BCUT2D eigenvalue weighted by Crippen LogP contribution is 2.14. The van der Waals surface area contributed by atoms with Gasteiger partial charge in [-0.15, -0.1) is 0 Å². The molecule has 1 rings (SSSR count). The summed E-state index contributed by atoms with van der Waals surface area (Å²) in [5, 5.41) is 0.0948. The lowest BCUT2D eigenvalue weighted by atomic mass is 10.2. The molecular weight excluding hydrogens is 184 g/mol. The highest BCUT2D eigenvalue weighted by atomic mass is 35.5. The van der Waals surface area contributed by atoms with Crippen LogP contribution in [0.5, 0.6) is 0 Å². The molecule has 1 N–H and O–H groups in total. The summed E-state index contributed by atoms with van der Waals surface area (Å²) in [7, 11) is 0. The van der Waals surface area contributed by atoms with Gasteiger partial charge in [0.2, 0.25) is 5.12 Å². The van der Waals surface area contributed by atoms with E-state index < -0.39 is 5.12 Å². The Balaban J connectivity index is 2.96. The Morgan fingerprint density at radius 2 is 2.27 bits per heavy atom. The molecule has 0 fully saturated rings. The number of hydrogen-bond donors (Lipinski definition) is 1. The van der Waals surface area contributed by atoms with E-state index in [0.717, 1.165) is 0 Å². The van der Waals surface area contributed by atoms with Gasteiger partial charge in [0, 0.05) is 10.6 Å². The first-order chi connectivity index (χ1) is 5.24. The maximum absolute atomic E-state index is 10.8. The Morgan fingerprint density at radius 3 is 2.82 bits per heavy atom. The summed E-state index contributed by atoms with van der Waals surface area (Å²) >= 11 is 5.79. The monoisotopic (exact) mass is 188 g/mol. The Kier molecular flexibility index (Phi) is 2.93. The van der Waals surface area contributed by atoms with Gasteiger partial charge in [-0.25, -0.2) is 0 Å². The van der Waals surface area contributed by atoms with Crippen LogP contribution in [0.4, 0.5) is 0 Å². The van der Waals surface area contributed by atoms with Gasteiger partial charge in [-0.2, -0.15) is 0 Å². The molecule has 0 bridgehead atoms. The lowest BCUT2D eigenvalue weighted by Crippen LogP contribution is -1.90. The van der Waals surface area contributed by atoms with Crippen molar-refractivity contribution in [3.8, 4) is 0 Å². The van der Waals surface area contributed by atoms with Crippen molar-refractivity contribution in [1.29, 1.82) is 0 Å². The lowest BCUT2D eigenvalue weighted by molar-refractivity contribution is 0.108. The Morgan fingerprint density at radius 1 is 1.55 bits per heavy atom. The van der Waals surface area contributed by atoms with Crippen molar-refractivity contribution >= 4 is 28.8 Å². The Bertz CT molecular complexity index is 275. The third kappa shape index (κ3) is 2.22. The zero-order valence-electron chi connectivity index (χ0n) is 5.45. The minimum Gasteiger partial charge on any atom is -0.323 e. The zero-order valence-corrected chi connectivity index (χ0v) is 7.02. The molecule has 0 aromatic heterocycles. The molecule has 0 aliphatic carbocycles. The molecule has 0 saturated heterocycles. The zero-order chi connectivity index (χ0) is 8.27. The van der Waals surface area contributed by atoms with Crippen LogP contribution in [0.2, 0.25) is 5.02 Å². The van der Waals surface area contributed by atoms with Crippen molar-refractivity contribution in [2.24, 2.45) is 0 Å². The summed E-state index contributed by atoms with van der Waals surface area (Å²) in [5.41, 5.74) is 0.407. The van der Waals surface area contributed by atoms with E-state index in [4.69, 9.17) is 16.2 Å². The van der Waals surface area contributed by atoms with Crippen molar-refractivity contribution in [3.63, 3.8) is 0 Å². The molecule has 1 aromatic rings. The number of rotatable bonds is 1. The molecule has 0 saturated carbocycles. The van der Waals surface area contributed by atoms with Crippen LogP contribution >= 0.6 is 23.6 Å². The number of hydrogen-bond acceptors (Lipinski definition) is 3. The van der Waals surface area contributed by atoms with Gasteiger partial charge in [0.1, 0.15) is 0 Å². The summed E-state index contributed by atoms with van der Waals surface area (Å²) in [4.78, 5) is 10.8. The predicted molar refractivity (Wildman–Crippen MR) is 46.0 cm³/mol. The molecule has 0 radical (unpaired) electrons. The van der Waals surface area contributed by atoms with E-state index in [1.807, 2.05) is 0 Å². The SMILES string of the molecule is O=C(SO)c1cccc(Cl)c1. The van der Waals surface area contributed by atoms with E-state index in [0.29, 0.717) is 10.6 Å². The fraction of sp³-hybridized carbons (Fsp3) is 0. The first-order valence-electron chi connectivity index (χ1n) is 2.85. The normalized spacial score (nSPS) is 9.64. The molecule has 58 valence electrons. The maximum atomic E-state index is 10.8. The van der Waals surface area contributed by atoms with Gasteiger partial charge in [-0.3, -0.25) is 4.79 Å². The van der Waals surface area contributed by atoms with Gasteiger partial charge in [-0.1, -0.05) is 23.7 Å². The molecule has 0 unspecified atom stereocenters. The first kappa shape index (κ1) is 8.59. The van der Waals surface area contributed by atoms with Crippen molar-refractivity contribution < 1.29 is 9.35 Å². The fourth-order valence-electron chi connectivity index (χ4n) is 0.668. The van der Waals surface area contributed by atoms with Crippen molar-refractivity contribution in [3.05, 3.63) is 34.9 Å². The number of benzene rings is 1. The molecule has 1 aromatic carbocycles. The van der Waals surface area contributed by atoms with Gasteiger partial charge in [0.05, 0.1) is 12.0 Å². The van der Waals surface area contributed by atoms with Crippen LogP contribution in [0.15, 0.2) is 24.3 Å². The van der Waals surface area contributed by atoms with E-state index >= 15 is 0 Å². The second-order valence-electron chi connectivity index (χ2n) is 1.89. The standard InChI is InChI=1S/C7H5ClO2S/c8-6-3-1-2-5(4-6)7(9)11-10/h1-4,10H. The van der Waals surface area contributed by atoms with Crippen LogP contribution in [0.1, 0.15) is 10.4 Å². The molecule has 0 aliphatic rings. The average Bonchev–Trinajstić information content (AvgIpc) is 2.03. The smallest absolute Gasteiger partial charge is 0.245 e. The number of carbonyl (C=O) groups is 1. The maximum Gasteiger partial charge on any atom is 0.245 e. The van der Waals surface area contributed by atoms with E-state index in [1.165, 1.54) is 6.07 Å². The minimum atomic E-state index is -0.396. The van der Waals surface area contributed by atoms with E-state index in [-0.39, 0.29) is 12.0 Å². The van der Waals surface area contributed by atoms with Crippen LogP contribution < -0.4 is 0 Å². The van der Waals surface area contributed by atoms with E-state index in [1.54, 1.807) is 18.2 Å². The Hall–Kier alpha value is -0.510. The molecule has 0 aliphatic heterocycles. The van der Waals surface area contributed by atoms with Crippen LogP contribution in [0.25, 0.3) is 0 Å². The van der Waals surface area contributed by atoms with E-state index in [2.05, 4.69) is 0 Å². The van der Waals surface area contributed by atoms with Gasteiger partial charge in [0.15, 0.2) is 0 Å². The third-order valence-electron chi connectivity index (χ3n) is 1.14. The third-order valence-corrected chi connectivity index (χ3v) is 1.78. The molecule has 0 heterocycles. The summed E-state index contributed by atoms with van der Waals surface area (Å²) < 4.78 is 8.40. The lowest BCUT2D eigenvalue weighted by Gasteiger charge is -1.94. The van der Waals surface area contributed by atoms with Crippen LogP contribution in [-0.2, 0) is 0 Å². The van der Waals surface area contributed by atoms with E-state index in [9.17, 15) is 4.79 Å². The molecule has 0 spiro atoms. The highest BCUT2D eigenvalue weighted by molar-refractivity contribution is 8.09. The second kappa shape index (κ2) is 3.76. The number of halogens is 1. The predicted octanol–water partition coefficient (Wildman–Crippen LogP) is 2.69. The summed E-state index contributed by atoms with van der Waals surface area (Å²) in [6.45, 7) is 0. The van der Waals surface area contributed by atoms with Crippen LogP contribution in [0.3, 0.4) is 0 Å². The quantitative estimate of drug-likeness (QED) is 0.689. The number of carbonyl (C=O) groups excluding carboxylic acids is 1. The minimum absolute atomic E-state index is 0.189. The van der Waals surface area contributed by atoms with Gasteiger partial charge in [-0.05, 0) is 12.1 Å². The summed E-state index contributed by atoms with van der Waals surface area (Å²) in [6, 6.07) is 6.43. The average molecular weight is 189 g/mol. The van der Waals surface area contributed by atoms with Gasteiger partial charge >= 0.3 is 0 Å². The fourth-order valence-corrected chi connectivity index (χ4v) is 1.09. The molecule has 0 atom stereocenters. The van der Waals surface area contributed by atoms with Crippen LogP contribution in [0, 0.1) is 0 Å². The second-order valence-corrected chi connectivity index (χ2v) is 2.88. The summed E-state index contributed by atoms with van der Waals surface area (Å²) in [6.07, 6.45) is 0. The van der Waals surface area contributed by atoms with Crippen LogP contribution in [-0.4, -0.2) is 9.67 Å². The van der Waals surface area contributed by atoms with Crippen molar-refractivity contribution in [2.45, 2.75) is 0 Å². The van der Waals surface area contributed by atoms with Crippen molar-refractivity contribution in [2.75, 3.05) is 0 Å². The molecule has 11 heavy (non-hydrogen) atoms. The molecule has 4 heteroatoms. The highest BCUT2D eigenvalue weighted by Gasteiger charge is 2.04. The van der Waals surface area contributed by atoms with Gasteiger partial charge < -0.3 is 4.55 Å². The topological polar surface area (TPSA) is 37.3 Å². The van der Waals surface area contributed by atoms with Gasteiger partial charge in [0.25, 0.3) is 0 Å².